The van der Waals surface area contributed by atoms with Crippen LogP contribution in [0.1, 0.15) is 51.2 Å². The highest BCUT2D eigenvalue weighted by molar-refractivity contribution is 6.30. The van der Waals surface area contributed by atoms with E-state index in [-0.39, 0.29) is 5.60 Å². The fraction of sp³-hybridized carbons (Fsp3) is 0.571. The second-order valence-electron chi connectivity index (χ2n) is 4.79. The Morgan fingerprint density at radius 1 is 1.47 bits per heavy atom. The molecule has 0 saturated heterocycles. The summed E-state index contributed by atoms with van der Waals surface area (Å²) in [5, 5.41) is 10.9. The first-order chi connectivity index (χ1) is 8.10. The third kappa shape index (κ3) is 2.43. The molecule has 2 rings (SSSR count). The first-order valence-corrected chi connectivity index (χ1v) is 6.64. The standard InChI is InChI=1S/C14H19ClO2/c1-3-7-14(4-2)9-12(16)11-8-10(15)5-6-13(11)17-14/h5-6,8,12,16H,3-4,7,9H2,1-2H3/t12-,14?/m1/s1. The summed E-state index contributed by atoms with van der Waals surface area (Å²) in [6.45, 7) is 4.26. The third-order valence-corrected chi connectivity index (χ3v) is 3.81. The van der Waals surface area contributed by atoms with E-state index in [0.717, 1.165) is 30.6 Å². The maximum absolute atomic E-state index is 10.2. The smallest absolute Gasteiger partial charge is 0.126 e. The van der Waals surface area contributed by atoms with Gasteiger partial charge in [-0.15, -0.1) is 0 Å². The van der Waals surface area contributed by atoms with E-state index in [0.29, 0.717) is 11.4 Å². The van der Waals surface area contributed by atoms with Crippen LogP contribution < -0.4 is 4.74 Å². The average Bonchev–Trinajstić information content (AvgIpc) is 2.31. The van der Waals surface area contributed by atoms with Crippen LogP contribution in [0.5, 0.6) is 5.75 Å². The van der Waals surface area contributed by atoms with Crippen molar-refractivity contribution in [2.75, 3.05) is 0 Å². The van der Waals surface area contributed by atoms with Crippen molar-refractivity contribution in [3.8, 4) is 5.75 Å². The molecule has 3 heteroatoms. The van der Waals surface area contributed by atoms with Crippen LogP contribution in [0.15, 0.2) is 18.2 Å². The maximum atomic E-state index is 10.2. The minimum absolute atomic E-state index is 0.213. The lowest BCUT2D eigenvalue weighted by molar-refractivity contribution is -0.0231. The zero-order valence-electron chi connectivity index (χ0n) is 10.4. The molecule has 0 radical (unpaired) electrons. The molecular formula is C14H19ClO2. The summed E-state index contributed by atoms with van der Waals surface area (Å²) in [6.07, 6.45) is 3.14. The van der Waals surface area contributed by atoms with Gasteiger partial charge >= 0.3 is 0 Å². The molecule has 0 fully saturated rings. The van der Waals surface area contributed by atoms with Gasteiger partial charge in [0, 0.05) is 17.0 Å². The minimum Gasteiger partial charge on any atom is -0.487 e. The molecule has 1 aromatic rings. The fourth-order valence-electron chi connectivity index (χ4n) is 2.61. The first-order valence-electron chi connectivity index (χ1n) is 6.27. The summed E-state index contributed by atoms with van der Waals surface area (Å²) in [5.74, 6) is 0.781. The first kappa shape index (κ1) is 12.7. The highest BCUT2D eigenvalue weighted by atomic mass is 35.5. The number of ether oxygens (including phenoxy) is 1. The predicted molar refractivity (Wildman–Crippen MR) is 69.6 cm³/mol. The van der Waals surface area contributed by atoms with Crippen LogP contribution in [0.4, 0.5) is 0 Å². The molecular weight excluding hydrogens is 236 g/mol. The van der Waals surface area contributed by atoms with E-state index in [4.69, 9.17) is 16.3 Å². The summed E-state index contributed by atoms with van der Waals surface area (Å²) < 4.78 is 6.12. The van der Waals surface area contributed by atoms with Crippen molar-refractivity contribution in [2.24, 2.45) is 0 Å². The highest BCUT2D eigenvalue weighted by Crippen LogP contribution is 2.43. The molecule has 1 aromatic carbocycles. The van der Waals surface area contributed by atoms with Gasteiger partial charge in [0.1, 0.15) is 11.4 Å². The van der Waals surface area contributed by atoms with Gasteiger partial charge in [0.15, 0.2) is 0 Å². The van der Waals surface area contributed by atoms with Crippen molar-refractivity contribution in [1.82, 2.24) is 0 Å². The van der Waals surface area contributed by atoms with Crippen molar-refractivity contribution in [3.63, 3.8) is 0 Å². The third-order valence-electron chi connectivity index (χ3n) is 3.57. The fourth-order valence-corrected chi connectivity index (χ4v) is 2.79. The molecule has 0 amide bonds. The van der Waals surface area contributed by atoms with E-state index >= 15 is 0 Å². The van der Waals surface area contributed by atoms with Gasteiger partial charge in [0.05, 0.1) is 6.10 Å². The van der Waals surface area contributed by atoms with Crippen LogP contribution in [0, 0.1) is 0 Å². The van der Waals surface area contributed by atoms with E-state index in [1.54, 1.807) is 6.07 Å². The number of aliphatic hydroxyl groups excluding tert-OH is 1. The Kier molecular flexibility index (Phi) is 3.64. The molecule has 94 valence electrons. The Labute approximate surface area is 108 Å². The molecule has 2 nitrogen and oxygen atoms in total. The van der Waals surface area contributed by atoms with Crippen LogP contribution in [-0.4, -0.2) is 10.7 Å². The van der Waals surface area contributed by atoms with Crippen LogP contribution in [0.2, 0.25) is 5.02 Å². The minimum atomic E-state index is -0.469. The Balaban J connectivity index is 2.35. The van der Waals surface area contributed by atoms with Crippen LogP contribution in [0.25, 0.3) is 0 Å². The molecule has 17 heavy (non-hydrogen) atoms. The maximum Gasteiger partial charge on any atom is 0.126 e. The Hall–Kier alpha value is -0.730. The van der Waals surface area contributed by atoms with Gasteiger partial charge in [-0.2, -0.15) is 0 Å². The summed E-state index contributed by atoms with van der Waals surface area (Å²) in [7, 11) is 0. The second-order valence-corrected chi connectivity index (χ2v) is 5.23. The predicted octanol–water partition coefficient (Wildman–Crippen LogP) is 4.10. The van der Waals surface area contributed by atoms with Gasteiger partial charge in [-0.3, -0.25) is 0 Å². The molecule has 1 aliphatic rings. The second kappa shape index (κ2) is 4.87. The lowest BCUT2D eigenvalue weighted by Crippen LogP contribution is -2.40. The Bertz CT molecular complexity index is 405. The molecule has 0 aliphatic carbocycles. The SMILES string of the molecule is CCCC1(CC)C[C@@H](O)c2cc(Cl)ccc2O1. The van der Waals surface area contributed by atoms with Crippen molar-refractivity contribution in [2.45, 2.75) is 51.2 Å². The summed E-state index contributed by atoms with van der Waals surface area (Å²) >= 11 is 5.94. The number of benzene rings is 1. The number of aliphatic hydroxyl groups is 1. The van der Waals surface area contributed by atoms with E-state index in [1.165, 1.54) is 0 Å². The number of fused-ring (bicyclic) bond motifs is 1. The number of hydrogen-bond acceptors (Lipinski definition) is 2. The molecule has 1 unspecified atom stereocenters. The number of halogens is 1. The summed E-state index contributed by atoms with van der Waals surface area (Å²) in [4.78, 5) is 0. The van der Waals surface area contributed by atoms with Crippen molar-refractivity contribution < 1.29 is 9.84 Å². The zero-order chi connectivity index (χ0) is 12.5. The molecule has 0 spiro atoms. The zero-order valence-corrected chi connectivity index (χ0v) is 11.1. The molecule has 0 aromatic heterocycles. The van der Waals surface area contributed by atoms with Gasteiger partial charge in [-0.05, 0) is 31.0 Å². The monoisotopic (exact) mass is 254 g/mol. The number of hydrogen-bond donors (Lipinski definition) is 1. The van der Waals surface area contributed by atoms with Crippen molar-refractivity contribution in [1.29, 1.82) is 0 Å². The van der Waals surface area contributed by atoms with E-state index in [2.05, 4.69) is 13.8 Å². The lowest BCUT2D eigenvalue weighted by Gasteiger charge is -2.40. The molecule has 0 bridgehead atoms. The molecule has 0 saturated carbocycles. The van der Waals surface area contributed by atoms with E-state index in [1.807, 2.05) is 12.1 Å². The van der Waals surface area contributed by atoms with Crippen LogP contribution in [-0.2, 0) is 0 Å². The summed E-state index contributed by atoms with van der Waals surface area (Å²) in [6, 6.07) is 5.47. The topological polar surface area (TPSA) is 29.5 Å². The van der Waals surface area contributed by atoms with Gasteiger partial charge in [0.2, 0.25) is 0 Å². The largest absolute Gasteiger partial charge is 0.487 e. The highest BCUT2D eigenvalue weighted by Gasteiger charge is 2.38. The van der Waals surface area contributed by atoms with Crippen molar-refractivity contribution in [3.05, 3.63) is 28.8 Å². The van der Waals surface area contributed by atoms with Gasteiger partial charge in [-0.25, -0.2) is 0 Å². The normalized spacial score (nSPS) is 27.4. The lowest BCUT2D eigenvalue weighted by atomic mass is 9.83. The van der Waals surface area contributed by atoms with E-state index in [9.17, 15) is 5.11 Å². The molecule has 2 atom stereocenters. The van der Waals surface area contributed by atoms with Crippen LogP contribution in [0.3, 0.4) is 0 Å². The molecule has 1 N–H and O–H groups in total. The number of rotatable bonds is 3. The summed E-state index contributed by atoms with van der Waals surface area (Å²) in [5.41, 5.74) is 0.604. The van der Waals surface area contributed by atoms with E-state index < -0.39 is 6.10 Å². The van der Waals surface area contributed by atoms with Crippen LogP contribution >= 0.6 is 11.6 Å². The van der Waals surface area contributed by atoms with Gasteiger partial charge in [0.25, 0.3) is 0 Å². The van der Waals surface area contributed by atoms with Gasteiger partial charge < -0.3 is 9.84 Å². The average molecular weight is 255 g/mol. The molecule has 1 aliphatic heterocycles. The Morgan fingerprint density at radius 2 is 2.24 bits per heavy atom. The quantitative estimate of drug-likeness (QED) is 0.880. The Morgan fingerprint density at radius 3 is 2.88 bits per heavy atom. The van der Waals surface area contributed by atoms with Crippen molar-refractivity contribution >= 4 is 11.6 Å². The van der Waals surface area contributed by atoms with Gasteiger partial charge in [-0.1, -0.05) is 31.9 Å². The molecule has 1 heterocycles.